The predicted octanol–water partition coefficient (Wildman–Crippen LogP) is 3.64. The van der Waals surface area contributed by atoms with Crippen LogP contribution in [0.15, 0.2) is 77.8 Å². The second-order valence-corrected chi connectivity index (χ2v) is 9.98. The van der Waals surface area contributed by atoms with Crippen molar-refractivity contribution in [3.8, 4) is 5.88 Å². The molecule has 10 nitrogen and oxygen atoms in total. The lowest BCUT2D eigenvalue weighted by atomic mass is 10.00. The Morgan fingerprint density at radius 3 is 2.29 bits per heavy atom. The van der Waals surface area contributed by atoms with Crippen LogP contribution in [0.1, 0.15) is 21.5 Å². The molecule has 0 unspecified atom stereocenters. The molecule has 0 atom stereocenters. The van der Waals surface area contributed by atoms with E-state index in [1.54, 1.807) is 30.1 Å². The zero-order chi connectivity index (χ0) is 28.2. The lowest BCUT2D eigenvalue weighted by molar-refractivity contribution is -0.119. The first-order valence-corrected chi connectivity index (χ1v) is 13.2. The van der Waals surface area contributed by atoms with Crippen molar-refractivity contribution in [2.24, 2.45) is 4.99 Å². The maximum Gasteiger partial charge on any atom is 0.337 e. The van der Waals surface area contributed by atoms with Crippen molar-refractivity contribution in [3.05, 3.63) is 89.5 Å². The fraction of sp³-hybridized carbons (Fsp3) is 0.258. The van der Waals surface area contributed by atoms with Gasteiger partial charge in [0.05, 0.1) is 36.2 Å². The molecule has 0 radical (unpaired) electrons. The number of benzene rings is 3. The standard InChI is InChI=1S/C31H33N5O4.ClH.H2O/c1-34-15-17-36(18-16-34)20-27(37)35(2)24-12-10-23(11-13-24)32-29(21-7-5-4-6-8-21)28-25-14-9-22(31(39)40-3)19-26(25)33-30(28)38;;/h4-14,19,33,38H,15-18,20H2,1-3H3;1H;1H2. The number of amides is 1. The number of rotatable bonds is 7. The van der Waals surface area contributed by atoms with Gasteiger partial charge in [0.15, 0.2) is 5.88 Å². The van der Waals surface area contributed by atoms with Gasteiger partial charge in [-0.25, -0.2) is 9.79 Å². The average Bonchev–Trinajstić information content (AvgIpc) is 3.31. The first-order valence-electron chi connectivity index (χ1n) is 13.2. The first-order chi connectivity index (χ1) is 19.3. The van der Waals surface area contributed by atoms with Crippen LogP contribution in [-0.2, 0) is 9.53 Å². The summed E-state index contributed by atoms with van der Waals surface area (Å²) in [4.78, 5) is 39.0. The molecule has 2 heterocycles. The molecule has 1 saturated heterocycles. The number of halogens is 1. The predicted molar refractivity (Wildman–Crippen MR) is 168 cm³/mol. The number of nitrogens with one attached hydrogen (secondary N) is 1. The van der Waals surface area contributed by atoms with E-state index in [0.717, 1.165) is 42.8 Å². The summed E-state index contributed by atoms with van der Waals surface area (Å²) in [5.74, 6) is -0.465. The Labute approximate surface area is 250 Å². The van der Waals surface area contributed by atoms with Gasteiger partial charge in [-0.3, -0.25) is 9.69 Å². The molecule has 222 valence electrons. The molecule has 11 heteroatoms. The van der Waals surface area contributed by atoms with Crippen LogP contribution in [0, 0.1) is 0 Å². The second-order valence-electron chi connectivity index (χ2n) is 9.98. The fourth-order valence-corrected chi connectivity index (χ4v) is 4.86. The van der Waals surface area contributed by atoms with Gasteiger partial charge in [0.2, 0.25) is 5.91 Å². The smallest absolute Gasteiger partial charge is 0.337 e. The summed E-state index contributed by atoms with van der Waals surface area (Å²) < 4.78 is 4.83. The summed E-state index contributed by atoms with van der Waals surface area (Å²) in [5.41, 5.74) is 4.34. The van der Waals surface area contributed by atoms with Crippen molar-refractivity contribution in [1.29, 1.82) is 0 Å². The van der Waals surface area contributed by atoms with Crippen LogP contribution in [0.4, 0.5) is 11.4 Å². The van der Waals surface area contributed by atoms with E-state index in [-0.39, 0.29) is 29.7 Å². The highest BCUT2D eigenvalue weighted by atomic mass is 35.5. The molecule has 3 aromatic carbocycles. The van der Waals surface area contributed by atoms with E-state index in [1.807, 2.05) is 54.6 Å². The number of aromatic nitrogens is 1. The molecule has 1 aliphatic heterocycles. The van der Waals surface area contributed by atoms with Crippen LogP contribution in [0.3, 0.4) is 0 Å². The van der Waals surface area contributed by atoms with Crippen molar-refractivity contribution in [3.63, 3.8) is 0 Å². The normalized spacial score (nSPS) is 14.1. The SMILES string of the molecule is COC(=O)c1ccc2c(C(=Nc3ccc(N(C)C(=O)CN4CCN(C)CC4)cc3)c3ccccc3)c(O)[nH]c2c1.Cl.O. The zero-order valence-corrected chi connectivity index (χ0v) is 24.6. The molecule has 1 amide bonds. The van der Waals surface area contributed by atoms with E-state index in [4.69, 9.17) is 9.73 Å². The van der Waals surface area contributed by atoms with Gasteiger partial charge in [0.25, 0.3) is 0 Å². The molecule has 5 rings (SSSR count). The van der Waals surface area contributed by atoms with Crippen molar-refractivity contribution in [2.75, 3.05) is 58.8 Å². The van der Waals surface area contributed by atoms with Crippen molar-refractivity contribution in [1.82, 2.24) is 14.8 Å². The molecule has 1 aromatic heterocycles. The molecule has 1 aliphatic rings. The van der Waals surface area contributed by atoms with Crippen LogP contribution < -0.4 is 4.90 Å². The highest BCUT2D eigenvalue weighted by molar-refractivity contribution is 6.22. The Morgan fingerprint density at radius 1 is 0.976 bits per heavy atom. The summed E-state index contributed by atoms with van der Waals surface area (Å²) in [6.45, 7) is 4.09. The number of aromatic amines is 1. The van der Waals surface area contributed by atoms with E-state index in [0.29, 0.717) is 34.6 Å². The molecule has 4 N–H and O–H groups in total. The minimum Gasteiger partial charge on any atom is -0.494 e. The molecule has 4 aromatic rings. The number of carbonyl (C=O) groups is 2. The number of anilines is 1. The second kappa shape index (κ2) is 14.1. The minimum atomic E-state index is -0.457. The molecule has 1 fully saturated rings. The largest absolute Gasteiger partial charge is 0.494 e. The number of methoxy groups -OCH3 is 1. The Morgan fingerprint density at radius 2 is 1.64 bits per heavy atom. The lowest BCUT2D eigenvalue weighted by Gasteiger charge is -2.32. The minimum absolute atomic E-state index is 0. The van der Waals surface area contributed by atoms with Gasteiger partial charge in [-0.15, -0.1) is 12.4 Å². The number of hydrogen-bond donors (Lipinski definition) is 2. The van der Waals surface area contributed by atoms with E-state index in [1.165, 1.54) is 7.11 Å². The van der Waals surface area contributed by atoms with Gasteiger partial charge in [-0.1, -0.05) is 36.4 Å². The van der Waals surface area contributed by atoms with Gasteiger partial charge in [-0.05, 0) is 43.4 Å². The molecule has 0 saturated carbocycles. The van der Waals surface area contributed by atoms with Crippen molar-refractivity contribution >= 4 is 52.3 Å². The number of ether oxygens (including phenoxy) is 1. The maximum atomic E-state index is 12.9. The number of fused-ring (bicyclic) bond motifs is 1. The fourth-order valence-electron chi connectivity index (χ4n) is 4.86. The topological polar surface area (TPSA) is 133 Å². The molecule has 0 aliphatic carbocycles. The Bertz CT molecular complexity index is 1550. The van der Waals surface area contributed by atoms with E-state index < -0.39 is 5.97 Å². The molecular weight excluding hydrogens is 558 g/mol. The zero-order valence-electron chi connectivity index (χ0n) is 23.8. The van der Waals surface area contributed by atoms with Crippen LogP contribution in [-0.4, -0.2) is 96.9 Å². The van der Waals surface area contributed by atoms with Crippen molar-refractivity contribution in [2.45, 2.75) is 0 Å². The molecule has 42 heavy (non-hydrogen) atoms. The van der Waals surface area contributed by atoms with Crippen LogP contribution in [0.25, 0.3) is 10.9 Å². The average molecular weight is 594 g/mol. The third-order valence-electron chi connectivity index (χ3n) is 7.29. The number of H-pyrrole nitrogens is 1. The van der Waals surface area contributed by atoms with Gasteiger partial charge in [0.1, 0.15) is 0 Å². The van der Waals surface area contributed by atoms with E-state index in [9.17, 15) is 14.7 Å². The summed E-state index contributed by atoms with van der Waals surface area (Å²) >= 11 is 0. The first kappa shape index (κ1) is 32.3. The number of piperazine rings is 1. The Hall–Kier alpha value is -4.22. The summed E-state index contributed by atoms with van der Waals surface area (Å²) in [7, 11) is 5.22. The number of carbonyl (C=O) groups excluding carboxylic acids is 2. The van der Waals surface area contributed by atoms with Gasteiger partial charge in [0, 0.05) is 55.4 Å². The summed E-state index contributed by atoms with van der Waals surface area (Å²) in [6, 6.07) is 22.2. The van der Waals surface area contributed by atoms with Gasteiger partial charge < -0.3 is 30.1 Å². The van der Waals surface area contributed by atoms with Crippen LogP contribution in [0.5, 0.6) is 5.88 Å². The molecule has 0 bridgehead atoms. The summed E-state index contributed by atoms with van der Waals surface area (Å²) in [5, 5.41) is 11.7. The third kappa shape index (κ3) is 6.97. The quantitative estimate of drug-likeness (QED) is 0.248. The van der Waals surface area contributed by atoms with E-state index >= 15 is 0 Å². The number of likely N-dealkylation sites (N-methyl/N-ethyl adjacent to an activating group) is 2. The van der Waals surface area contributed by atoms with Gasteiger partial charge >= 0.3 is 5.97 Å². The highest BCUT2D eigenvalue weighted by Crippen LogP contribution is 2.32. The highest BCUT2D eigenvalue weighted by Gasteiger charge is 2.21. The molecular formula is C31H36ClN5O5. The number of esters is 1. The number of nitrogens with zero attached hydrogens (tertiary/aromatic N) is 4. The van der Waals surface area contributed by atoms with E-state index in [2.05, 4.69) is 21.8 Å². The van der Waals surface area contributed by atoms with Gasteiger partial charge in [-0.2, -0.15) is 0 Å². The maximum absolute atomic E-state index is 12.9. The van der Waals surface area contributed by atoms with Crippen molar-refractivity contribution < 1.29 is 24.9 Å². The third-order valence-corrected chi connectivity index (χ3v) is 7.29. The Balaban J connectivity index is 0.00000242. The van der Waals surface area contributed by atoms with Crippen LogP contribution in [0.2, 0.25) is 0 Å². The lowest BCUT2D eigenvalue weighted by Crippen LogP contribution is -2.48. The van der Waals surface area contributed by atoms with Crippen LogP contribution >= 0.6 is 12.4 Å². The summed E-state index contributed by atoms with van der Waals surface area (Å²) in [6.07, 6.45) is 0. The Kier molecular flexibility index (Phi) is 10.8. The number of aromatic hydroxyl groups is 1. The number of hydrogen-bond acceptors (Lipinski definition) is 7. The monoisotopic (exact) mass is 593 g/mol. The molecule has 0 spiro atoms. The number of aliphatic imine (C=N–C) groups is 1.